The highest BCUT2D eigenvalue weighted by molar-refractivity contribution is 5.39. The molecule has 0 spiro atoms. The van der Waals surface area contributed by atoms with Crippen molar-refractivity contribution in [3.05, 3.63) is 35.7 Å². The first-order valence-electron chi connectivity index (χ1n) is 10.2. The van der Waals surface area contributed by atoms with E-state index in [2.05, 4.69) is 49.1 Å². The Hall–Kier alpha value is -1.99. The summed E-state index contributed by atoms with van der Waals surface area (Å²) in [5.74, 6) is 1.86. The predicted octanol–water partition coefficient (Wildman–Crippen LogP) is 2.52. The maximum atomic E-state index is 5.71. The van der Waals surface area contributed by atoms with Crippen molar-refractivity contribution in [2.75, 3.05) is 39.8 Å². The summed E-state index contributed by atoms with van der Waals surface area (Å²) in [6.07, 6.45) is 4.86. The van der Waals surface area contributed by atoms with Crippen molar-refractivity contribution >= 4 is 0 Å². The summed E-state index contributed by atoms with van der Waals surface area (Å²) in [5.41, 5.74) is 1.15. The summed E-state index contributed by atoms with van der Waals surface area (Å²) in [7, 11) is 1.74. The molecule has 0 unspecified atom stereocenters. The lowest BCUT2D eigenvalue weighted by molar-refractivity contribution is 0.106. The summed E-state index contributed by atoms with van der Waals surface area (Å²) in [6.45, 7) is 7.50. The molecule has 2 aromatic rings. The number of nitrogens with zero attached hydrogens (tertiary/aromatic N) is 6. The first-order chi connectivity index (χ1) is 13.3. The van der Waals surface area contributed by atoms with E-state index < -0.39 is 0 Å². The molecular weight excluding hydrogens is 340 g/mol. The Bertz CT molecular complexity index is 734. The van der Waals surface area contributed by atoms with Crippen LogP contribution in [0.1, 0.15) is 56.1 Å². The van der Waals surface area contributed by atoms with Crippen LogP contribution in [0.25, 0.3) is 0 Å². The fraction of sp³-hybridized carbons (Fsp3) is 0.650. The van der Waals surface area contributed by atoms with Crippen LogP contribution in [0.5, 0.6) is 5.75 Å². The van der Waals surface area contributed by atoms with Crippen LogP contribution in [0.4, 0.5) is 0 Å². The molecule has 0 bridgehead atoms. The summed E-state index contributed by atoms with van der Waals surface area (Å²) < 4.78 is 7.80. The number of hydrogen-bond acceptors (Lipinski definition) is 6. The van der Waals surface area contributed by atoms with Gasteiger partial charge in [0, 0.05) is 31.7 Å². The van der Waals surface area contributed by atoms with Crippen LogP contribution in [0.15, 0.2) is 24.3 Å². The van der Waals surface area contributed by atoms with Crippen molar-refractivity contribution in [1.29, 1.82) is 0 Å². The number of methoxy groups -OCH3 is 1. The lowest BCUT2D eigenvalue weighted by Crippen LogP contribution is -2.48. The molecule has 1 aromatic heterocycles. The number of para-hydroxylation sites is 1. The van der Waals surface area contributed by atoms with Gasteiger partial charge in [0.15, 0.2) is 5.82 Å². The Morgan fingerprint density at radius 3 is 2.56 bits per heavy atom. The van der Waals surface area contributed by atoms with Crippen LogP contribution in [0.2, 0.25) is 0 Å². The topological polar surface area (TPSA) is 59.3 Å². The van der Waals surface area contributed by atoms with Gasteiger partial charge in [-0.1, -0.05) is 38.0 Å². The quantitative estimate of drug-likeness (QED) is 0.779. The number of tetrazole rings is 1. The Morgan fingerprint density at radius 2 is 1.85 bits per heavy atom. The zero-order valence-electron chi connectivity index (χ0n) is 16.4. The molecule has 2 fully saturated rings. The number of piperazine rings is 1. The third kappa shape index (κ3) is 3.71. The van der Waals surface area contributed by atoms with Gasteiger partial charge in [0.1, 0.15) is 11.8 Å². The molecule has 1 saturated carbocycles. The predicted molar refractivity (Wildman–Crippen MR) is 104 cm³/mol. The van der Waals surface area contributed by atoms with E-state index in [-0.39, 0.29) is 6.04 Å². The molecule has 0 amide bonds. The molecular formula is C20H30N6O. The van der Waals surface area contributed by atoms with E-state index in [0.717, 1.165) is 49.9 Å². The number of aromatic nitrogens is 4. The largest absolute Gasteiger partial charge is 0.496 e. The van der Waals surface area contributed by atoms with Crippen molar-refractivity contribution < 1.29 is 4.74 Å². The first kappa shape index (κ1) is 18.4. The molecule has 1 aliphatic heterocycles. The monoisotopic (exact) mass is 370 g/mol. The van der Waals surface area contributed by atoms with Gasteiger partial charge in [-0.3, -0.25) is 4.90 Å². The normalized spacial score (nSPS) is 20.8. The molecule has 7 heteroatoms. The minimum atomic E-state index is 0.0238. The number of ether oxygens (including phenoxy) is 1. The summed E-state index contributed by atoms with van der Waals surface area (Å²) in [5, 5.41) is 13.0. The average molecular weight is 371 g/mol. The van der Waals surface area contributed by atoms with Gasteiger partial charge in [-0.15, -0.1) is 5.10 Å². The van der Waals surface area contributed by atoms with Crippen LogP contribution in [0, 0.1) is 0 Å². The fourth-order valence-corrected chi connectivity index (χ4v) is 4.52. The lowest BCUT2D eigenvalue weighted by atomic mass is 10.0. The molecule has 146 valence electrons. The van der Waals surface area contributed by atoms with Gasteiger partial charge in [-0.25, -0.2) is 4.68 Å². The third-order valence-electron chi connectivity index (χ3n) is 6.09. The maximum absolute atomic E-state index is 5.71. The Balaban J connectivity index is 1.72. The molecule has 1 saturated heterocycles. The molecule has 27 heavy (non-hydrogen) atoms. The standard InChI is InChI=1S/C20H30N6O/c1-3-24-12-14-25(15-13-24)19(17-10-6-7-11-18(17)27-2)20-21-22-23-26(20)16-8-4-5-9-16/h6-7,10-11,16,19H,3-5,8-9,12-15H2,1-2H3/t19-/m0/s1. The van der Waals surface area contributed by atoms with Crippen molar-refractivity contribution in [3.63, 3.8) is 0 Å². The summed E-state index contributed by atoms with van der Waals surface area (Å²) in [6, 6.07) is 8.74. The second-order valence-electron chi connectivity index (χ2n) is 7.53. The average Bonchev–Trinajstić information content (AvgIpc) is 3.41. The van der Waals surface area contributed by atoms with Crippen LogP contribution in [-0.4, -0.2) is 69.8 Å². The van der Waals surface area contributed by atoms with E-state index in [1.807, 2.05) is 12.1 Å². The highest BCUT2D eigenvalue weighted by Gasteiger charge is 2.34. The van der Waals surface area contributed by atoms with Crippen molar-refractivity contribution in [2.24, 2.45) is 0 Å². The second-order valence-corrected chi connectivity index (χ2v) is 7.53. The van der Waals surface area contributed by atoms with Crippen molar-refractivity contribution in [2.45, 2.75) is 44.7 Å². The van der Waals surface area contributed by atoms with E-state index in [9.17, 15) is 0 Å². The van der Waals surface area contributed by atoms with Crippen LogP contribution in [0.3, 0.4) is 0 Å². The highest BCUT2D eigenvalue weighted by Crippen LogP contribution is 2.37. The zero-order chi connectivity index (χ0) is 18.6. The second kappa shape index (κ2) is 8.35. The first-order valence-corrected chi connectivity index (χ1v) is 10.2. The summed E-state index contributed by atoms with van der Waals surface area (Å²) in [4.78, 5) is 5.01. The Kier molecular flexibility index (Phi) is 5.69. The SMILES string of the molecule is CCN1CCN([C@@H](c2ccccc2OC)c2nnnn2C2CCCC2)CC1. The minimum absolute atomic E-state index is 0.0238. The van der Waals surface area contributed by atoms with Gasteiger partial charge >= 0.3 is 0 Å². The molecule has 4 rings (SSSR count). The lowest BCUT2D eigenvalue weighted by Gasteiger charge is -2.39. The molecule has 2 heterocycles. The Labute approximate surface area is 161 Å². The van der Waals surface area contributed by atoms with E-state index in [0.29, 0.717) is 6.04 Å². The number of rotatable bonds is 6. The van der Waals surface area contributed by atoms with Gasteiger partial charge in [0.05, 0.1) is 13.2 Å². The van der Waals surface area contributed by atoms with Gasteiger partial charge in [-0.05, 0) is 35.9 Å². The third-order valence-corrected chi connectivity index (χ3v) is 6.09. The Morgan fingerprint density at radius 1 is 1.11 bits per heavy atom. The van der Waals surface area contributed by atoms with E-state index >= 15 is 0 Å². The zero-order valence-corrected chi connectivity index (χ0v) is 16.4. The van der Waals surface area contributed by atoms with E-state index in [4.69, 9.17) is 4.74 Å². The van der Waals surface area contributed by atoms with Gasteiger partial charge in [0.2, 0.25) is 0 Å². The van der Waals surface area contributed by atoms with Gasteiger partial charge in [0.25, 0.3) is 0 Å². The molecule has 1 atom stereocenters. The molecule has 2 aliphatic rings. The van der Waals surface area contributed by atoms with Crippen LogP contribution in [-0.2, 0) is 0 Å². The van der Waals surface area contributed by atoms with Gasteiger partial charge in [-0.2, -0.15) is 0 Å². The van der Waals surface area contributed by atoms with Gasteiger partial charge < -0.3 is 9.64 Å². The summed E-state index contributed by atoms with van der Waals surface area (Å²) >= 11 is 0. The van der Waals surface area contributed by atoms with Crippen LogP contribution >= 0.6 is 0 Å². The number of benzene rings is 1. The maximum Gasteiger partial charge on any atom is 0.173 e. The fourth-order valence-electron chi connectivity index (χ4n) is 4.52. The molecule has 1 aliphatic carbocycles. The number of likely N-dealkylation sites (N-methyl/N-ethyl adjacent to an activating group) is 1. The molecule has 1 aromatic carbocycles. The smallest absolute Gasteiger partial charge is 0.173 e. The van der Waals surface area contributed by atoms with Crippen molar-refractivity contribution in [1.82, 2.24) is 30.0 Å². The minimum Gasteiger partial charge on any atom is -0.496 e. The molecule has 7 nitrogen and oxygen atoms in total. The van der Waals surface area contributed by atoms with Crippen molar-refractivity contribution in [3.8, 4) is 5.75 Å². The molecule has 0 radical (unpaired) electrons. The van der Waals surface area contributed by atoms with E-state index in [1.54, 1.807) is 7.11 Å². The highest BCUT2D eigenvalue weighted by atomic mass is 16.5. The van der Waals surface area contributed by atoms with E-state index in [1.165, 1.54) is 25.7 Å². The van der Waals surface area contributed by atoms with Crippen LogP contribution < -0.4 is 4.74 Å². The number of hydrogen-bond donors (Lipinski definition) is 0. The molecule has 0 N–H and O–H groups in total.